The minimum absolute atomic E-state index is 0.145. The number of carbonyl (C=O) groups excluding carboxylic acids is 1. The smallest absolute Gasteiger partial charge is 0.247 e. The fourth-order valence-corrected chi connectivity index (χ4v) is 1.46. The van der Waals surface area contributed by atoms with E-state index in [1.807, 2.05) is 0 Å². The number of halogens is 2. The minimum atomic E-state index is -0.481. The normalized spacial score (nSPS) is 10.3. The Morgan fingerprint density at radius 2 is 2.20 bits per heavy atom. The van der Waals surface area contributed by atoms with Crippen LogP contribution < -0.4 is 0 Å². The number of hydrogen-bond acceptors (Lipinski definition) is 3. The first-order chi connectivity index (χ1) is 7.18. The van der Waals surface area contributed by atoms with Crippen molar-refractivity contribution < 1.29 is 13.6 Å². The van der Waals surface area contributed by atoms with Gasteiger partial charge >= 0.3 is 0 Å². The molecule has 0 saturated heterocycles. The monoisotopic (exact) mass is 269 g/mol. The molecule has 0 aliphatic heterocycles. The second kappa shape index (κ2) is 3.94. The van der Waals surface area contributed by atoms with Crippen molar-refractivity contribution in [3.05, 3.63) is 52.4 Å². The molecule has 0 aliphatic carbocycles. The topological polar surface area (TPSA) is 43.1 Å². The molecule has 0 saturated carbocycles. The van der Waals surface area contributed by atoms with Gasteiger partial charge in [0.25, 0.3) is 0 Å². The summed E-state index contributed by atoms with van der Waals surface area (Å²) in [5.74, 6) is -0.703. The summed E-state index contributed by atoms with van der Waals surface area (Å²) >= 11 is 3.16. The second-order valence-corrected chi connectivity index (χ2v) is 3.64. The Kier molecular flexibility index (Phi) is 2.64. The van der Waals surface area contributed by atoms with Crippen molar-refractivity contribution >= 4 is 21.7 Å². The average molecular weight is 270 g/mol. The molecular formula is C10H5BrFNO2. The maximum Gasteiger partial charge on any atom is 0.247 e. The highest BCUT2D eigenvalue weighted by Crippen LogP contribution is 2.20. The lowest BCUT2D eigenvalue weighted by molar-refractivity contribution is 0.100. The number of furan rings is 1. The molecule has 15 heavy (non-hydrogen) atoms. The van der Waals surface area contributed by atoms with Gasteiger partial charge in [0.1, 0.15) is 11.5 Å². The highest BCUT2D eigenvalue weighted by atomic mass is 79.9. The third-order valence-electron chi connectivity index (χ3n) is 1.78. The third kappa shape index (κ3) is 1.97. The van der Waals surface area contributed by atoms with E-state index in [4.69, 9.17) is 4.42 Å². The highest BCUT2D eigenvalue weighted by molar-refractivity contribution is 9.10. The van der Waals surface area contributed by atoms with E-state index < -0.39 is 5.82 Å². The average Bonchev–Trinajstić information content (AvgIpc) is 2.65. The third-order valence-corrected chi connectivity index (χ3v) is 2.41. The molecule has 0 radical (unpaired) electrons. The van der Waals surface area contributed by atoms with Gasteiger partial charge in [-0.25, -0.2) is 9.37 Å². The van der Waals surface area contributed by atoms with Crippen LogP contribution in [0.15, 0.2) is 39.5 Å². The van der Waals surface area contributed by atoms with E-state index in [1.165, 1.54) is 18.4 Å². The summed E-state index contributed by atoms with van der Waals surface area (Å²) in [7, 11) is 0. The van der Waals surface area contributed by atoms with E-state index >= 15 is 0 Å². The molecule has 0 fully saturated rings. The van der Waals surface area contributed by atoms with Crippen molar-refractivity contribution in [1.29, 1.82) is 0 Å². The predicted octanol–water partition coefficient (Wildman–Crippen LogP) is 2.81. The number of ketones is 1. The zero-order valence-electron chi connectivity index (χ0n) is 7.41. The summed E-state index contributed by atoms with van der Waals surface area (Å²) < 4.78 is 18.1. The van der Waals surface area contributed by atoms with Gasteiger partial charge in [0.15, 0.2) is 5.76 Å². The number of pyridine rings is 1. The molecule has 76 valence electrons. The van der Waals surface area contributed by atoms with Gasteiger partial charge in [-0.2, -0.15) is 0 Å². The first-order valence-corrected chi connectivity index (χ1v) is 4.87. The van der Waals surface area contributed by atoms with E-state index in [1.54, 1.807) is 6.07 Å². The number of rotatable bonds is 2. The van der Waals surface area contributed by atoms with E-state index in [2.05, 4.69) is 20.9 Å². The van der Waals surface area contributed by atoms with Crippen molar-refractivity contribution in [3.63, 3.8) is 0 Å². The summed E-state index contributed by atoms with van der Waals surface area (Å²) in [6, 6.07) is 4.10. The molecule has 3 nitrogen and oxygen atoms in total. The molecule has 2 aromatic heterocycles. The Bertz CT molecular complexity index is 492. The summed E-state index contributed by atoms with van der Waals surface area (Å²) in [6.07, 6.45) is 2.38. The molecule has 2 rings (SSSR count). The predicted molar refractivity (Wildman–Crippen MR) is 54.0 cm³/mol. The molecule has 0 atom stereocenters. The number of aromatic nitrogens is 1. The van der Waals surface area contributed by atoms with Gasteiger partial charge in [0.05, 0.1) is 16.9 Å². The van der Waals surface area contributed by atoms with Gasteiger partial charge < -0.3 is 4.42 Å². The van der Waals surface area contributed by atoms with Gasteiger partial charge in [-0.3, -0.25) is 4.79 Å². The first-order valence-electron chi connectivity index (χ1n) is 4.08. The zero-order valence-corrected chi connectivity index (χ0v) is 8.99. The SMILES string of the molecule is O=C(c1ccc(F)cn1)c1occc1Br. The summed E-state index contributed by atoms with van der Waals surface area (Å²) in [6.45, 7) is 0. The molecule has 0 unspecified atom stereocenters. The first kappa shape index (κ1) is 10.0. The Morgan fingerprint density at radius 1 is 1.40 bits per heavy atom. The van der Waals surface area contributed by atoms with Crippen LogP contribution in [0.3, 0.4) is 0 Å². The lowest BCUT2D eigenvalue weighted by Gasteiger charge is -1.96. The second-order valence-electron chi connectivity index (χ2n) is 2.79. The highest BCUT2D eigenvalue weighted by Gasteiger charge is 2.16. The van der Waals surface area contributed by atoms with Crippen LogP contribution in [0.1, 0.15) is 16.2 Å². The van der Waals surface area contributed by atoms with Gasteiger partial charge in [0.2, 0.25) is 5.78 Å². The van der Waals surface area contributed by atoms with Crippen molar-refractivity contribution in [1.82, 2.24) is 4.98 Å². The molecule has 2 heterocycles. The largest absolute Gasteiger partial charge is 0.460 e. The van der Waals surface area contributed by atoms with Crippen LogP contribution in [0.4, 0.5) is 4.39 Å². The fourth-order valence-electron chi connectivity index (χ4n) is 1.08. The van der Waals surface area contributed by atoms with Crippen LogP contribution in [0, 0.1) is 5.82 Å². The number of carbonyl (C=O) groups is 1. The van der Waals surface area contributed by atoms with Gasteiger partial charge in [-0.15, -0.1) is 0 Å². The van der Waals surface area contributed by atoms with Gasteiger partial charge in [-0.05, 0) is 34.1 Å². The van der Waals surface area contributed by atoms with Crippen LogP contribution in [0.5, 0.6) is 0 Å². The maximum atomic E-state index is 12.6. The van der Waals surface area contributed by atoms with E-state index in [9.17, 15) is 9.18 Å². The van der Waals surface area contributed by atoms with Gasteiger partial charge in [0, 0.05) is 0 Å². The van der Waals surface area contributed by atoms with E-state index in [-0.39, 0.29) is 17.2 Å². The Hall–Kier alpha value is -1.49. The molecule has 5 heteroatoms. The summed E-state index contributed by atoms with van der Waals surface area (Å²) in [4.78, 5) is 15.4. The Labute approximate surface area is 93.1 Å². The van der Waals surface area contributed by atoms with E-state index in [0.717, 1.165) is 6.20 Å². The number of nitrogens with zero attached hydrogens (tertiary/aromatic N) is 1. The number of hydrogen-bond donors (Lipinski definition) is 0. The van der Waals surface area contributed by atoms with Crippen LogP contribution in [0.25, 0.3) is 0 Å². The van der Waals surface area contributed by atoms with Crippen molar-refractivity contribution in [2.24, 2.45) is 0 Å². The minimum Gasteiger partial charge on any atom is -0.460 e. The quantitative estimate of drug-likeness (QED) is 0.788. The van der Waals surface area contributed by atoms with Crippen molar-refractivity contribution in [2.45, 2.75) is 0 Å². The van der Waals surface area contributed by atoms with Crippen molar-refractivity contribution in [2.75, 3.05) is 0 Å². The molecular weight excluding hydrogens is 265 g/mol. The lowest BCUT2D eigenvalue weighted by Crippen LogP contribution is -2.03. The zero-order chi connectivity index (χ0) is 10.8. The molecule has 0 aliphatic rings. The molecule has 0 spiro atoms. The van der Waals surface area contributed by atoms with Crippen LogP contribution in [-0.2, 0) is 0 Å². The molecule has 0 amide bonds. The van der Waals surface area contributed by atoms with Gasteiger partial charge in [-0.1, -0.05) is 0 Å². The van der Waals surface area contributed by atoms with Crippen LogP contribution in [0.2, 0.25) is 0 Å². The fraction of sp³-hybridized carbons (Fsp3) is 0. The molecule has 0 N–H and O–H groups in total. The maximum absolute atomic E-state index is 12.6. The Morgan fingerprint density at radius 3 is 2.73 bits per heavy atom. The summed E-state index contributed by atoms with van der Waals surface area (Å²) in [5.41, 5.74) is 0.145. The van der Waals surface area contributed by atoms with E-state index in [0.29, 0.717) is 4.47 Å². The van der Waals surface area contributed by atoms with Crippen LogP contribution >= 0.6 is 15.9 Å². The Balaban J connectivity index is 2.37. The molecule has 0 bridgehead atoms. The summed E-state index contributed by atoms with van der Waals surface area (Å²) in [5, 5.41) is 0. The standard InChI is InChI=1S/C10H5BrFNO2/c11-7-3-4-15-10(7)9(14)8-2-1-6(12)5-13-8/h1-5H. The molecule has 0 aromatic carbocycles. The lowest BCUT2D eigenvalue weighted by atomic mass is 10.2. The van der Waals surface area contributed by atoms with Crippen LogP contribution in [-0.4, -0.2) is 10.8 Å². The molecule has 2 aromatic rings. The van der Waals surface area contributed by atoms with Crippen molar-refractivity contribution in [3.8, 4) is 0 Å².